The number of nitrogens with two attached hydrogens (primary N) is 1. The minimum absolute atomic E-state index is 0.190. The number of aliphatic hydroxyl groups excluding tert-OH is 1. The molecule has 0 saturated heterocycles. The summed E-state index contributed by atoms with van der Waals surface area (Å²) in [5, 5.41) is 9.45. The maximum Gasteiger partial charge on any atom is 0.267 e. The van der Waals surface area contributed by atoms with Gasteiger partial charge in [0.25, 0.3) is 5.91 Å². The van der Waals surface area contributed by atoms with Crippen LogP contribution in [0.3, 0.4) is 0 Å². The van der Waals surface area contributed by atoms with Crippen LogP contribution < -0.4 is 5.73 Å². The fourth-order valence-corrected chi connectivity index (χ4v) is 2.34. The first-order valence-electron chi connectivity index (χ1n) is 5.61. The van der Waals surface area contributed by atoms with Crippen LogP contribution in [0.15, 0.2) is 18.3 Å². The Morgan fingerprint density at radius 1 is 1.38 bits per heavy atom. The molecule has 0 unspecified atom stereocenters. The predicted molar refractivity (Wildman–Crippen MR) is 60.0 cm³/mol. The van der Waals surface area contributed by atoms with E-state index < -0.39 is 5.91 Å². The summed E-state index contributed by atoms with van der Waals surface area (Å²) in [6, 6.07) is 3.74. The summed E-state index contributed by atoms with van der Waals surface area (Å²) >= 11 is 0. The molecule has 16 heavy (non-hydrogen) atoms. The number of nitrogens with zero attached hydrogens (tertiary/aromatic N) is 1. The summed E-state index contributed by atoms with van der Waals surface area (Å²) in [6.07, 6.45) is 4.77. The quantitative estimate of drug-likeness (QED) is 0.786. The van der Waals surface area contributed by atoms with Crippen molar-refractivity contribution in [1.29, 1.82) is 0 Å². The largest absolute Gasteiger partial charge is 0.393 e. The van der Waals surface area contributed by atoms with Gasteiger partial charge in [0.05, 0.1) is 6.10 Å². The standard InChI is InChI=1S/C12H16N2O2/c13-12(16)11-10(2-1-7-14-11)8-3-5-9(15)6-4-8/h1-2,7-9,15H,3-6H2,(H2,13,16). The smallest absolute Gasteiger partial charge is 0.267 e. The summed E-state index contributed by atoms with van der Waals surface area (Å²) < 4.78 is 0. The second-order valence-corrected chi connectivity index (χ2v) is 4.31. The molecule has 3 N–H and O–H groups in total. The molecular weight excluding hydrogens is 204 g/mol. The number of pyridine rings is 1. The minimum atomic E-state index is -0.471. The highest BCUT2D eigenvalue weighted by molar-refractivity contribution is 5.92. The predicted octanol–water partition coefficient (Wildman–Crippen LogP) is 1.20. The zero-order chi connectivity index (χ0) is 11.5. The van der Waals surface area contributed by atoms with Crippen LogP contribution in [0.1, 0.15) is 47.7 Å². The summed E-state index contributed by atoms with van der Waals surface area (Å²) in [7, 11) is 0. The van der Waals surface area contributed by atoms with E-state index in [0.717, 1.165) is 31.2 Å². The second-order valence-electron chi connectivity index (χ2n) is 4.31. The van der Waals surface area contributed by atoms with Gasteiger partial charge in [0.1, 0.15) is 5.69 Å². The molecule has 2 rings (SSSR count). The second kappa shape index (κ2) is 4.61. The number of hydrogen-bond acceptors (Lipinski definition) is 3. The van der Waals surface area contributed by atoms with E-state index in [4.69, 9.17) is 5.73 Å². The number of amides is 1. The Balaban J connectivity index is 2.23. The van der Waals surface area contributed by atoms with Gasteiger partial charge in [0, 0.05) is 6.20 Å². The van der Waals surface area contributed by atoms with Gasteiger partial charge in [-0.15, -0.1) is 0 Å². The minimum Gasteiger partial charge on any atom is -0.393 e. The topological polar surface area (TPSA) is 76.2 Å². The molecule has 1 aliphatic carbocycles. The highest BCUT2D eigenvalue weighted by Gasteiger charge is 2.24. The Kier molecular flexibility index (Phi) is 3.19. The van der Waals surface area contributed by atoms with Gasteiger partial charge in [-0.05, 0) is 43.2 Å². The molecule has 1 fully saturated rings. The molecule has 0 aliphatic heterocycles. The lowest BCUT2D eigenvalue weighted by molar-refractivity contribution is 0.0991. The van der Waals surface area contributed by atoms with Crippen molar-refractivity contribution in [3.05, 3.63) is 29.6 Å². The Hall–Kier alpha value is -1.42. The van der Waals surface area contributed by atoms with Crippen LogP contribution in [0.25, 0.3) is 0 Å². The van der Waals surface area contributed by atoms with Crippen LogP contribution in [0.4, 0.5) is 0 Å². The van der Waals surface area contributed by atoms with E-state index in [1.807, 2.05) is 12.1 Å². The zero-order valence-electron chi connectivity index (χ0n) is 9.10. The first kappa shape index (κ1) is 11.1. The SMILES string of the molecule is NC(=O)c1ncccc1C1CCC(O)CC1. The molecule has 1 amide bonds. The maximum atomic E-state index is 11.2. The number of primary amides is 1. The van der Waals surface area contributed by atoms with E-state index in [0.29, 0.717) is 11.6 Å². The van der Waals surface area contributed by atoms with Crippen LogP contribution in [0.5, 0.6) is 0 Å². The van der Waals surface area contributed by atoms with Crippen LogP contribution in [-0.4, -0.2) is 22.1 Å². The van der Waals surface area contributed by atoms with Crippen molar-refractivity contribution in [2.75, 3.05) is 0 Å². The number of aliphatic hydroxyl groups is 1. The zero-order valence-corrected chi connectivity index (χ0v) is 9.10. The van der Waals surface area contributed by atoms with Crippen molar-refractivity contribution >= 4 is 5.91 Å². The van der Waals surface area contributed by atoms with Gasteiger partial charge in [-0.3, -0.25) is 9.78 Å². The van der Waals surface area contributed by atoms with Crippen LogP contribution in [0, 0.1) is 0 Å². The average Bonchev–Trinajstić information content (AvgIpc) is 2.30. The molecule has 0 atom stereocenters. The van der Waals surface area contributed by atoms with Crippen molar-refractivity contribution in [3.63, 3.8) is 0 Å². The van der Waals surface area contributed by atoms with Crippen molar-refractivity contribution in [3.8, 4) is 0 Å². The van der Waals surface area contributed by atoms with Gasteiger partial charge in [-0.25, -0.2) is 0 Å². The molecule has 4 nitrogen and oxygen atoms in total. The molecule has 0 aromatic carbocycles. The lowest BCUT2D eigenvalue weighted by Gasteiger charge is -2.26. The molecule has 0 spiro atoms. The fourth-order valence-electron chi connectivity index (χ4n) is 2.34. The Morgan fingerprint density at radius 3 is 2.69 bits per heavy atom. The molecule has 0 radical (unpaired) electrons. The maximum absolute atomic E-state index is 11.2. The number of aromatic nitrogens is 1. The van der Waals surface area contributed by atoms with Gasteiger partial charge in [-0.1, -0.05) is 6.07 Å². The first-order chi connectivity index (χ1) is 7.68. The highest BCUT2D eigenvalue weighted by Crippen LogP contribution is 2.33. The van der Waals surface area contributed by atoms with Gasteiger partial charge in [-0.2, -0.15) is 0 Å². The van der Waals surface area contributed by atoms with E-state index in [1.54, 1.807) is 6.20 Å². The number of hydrogen-bond donors (Lipinski definition) is 2. The molecular formula is C12H16N2O2. The van der Waals surface area contributed by atoms with Crippen LogP contribution >= 0.6 is 0 Å². The summed E-state index contributed by atoms with van der Waals surface area (Å²) in [4.78, 5) is 15.3. The first-order valence-corrected chi connectivity index (χ1v) is 5.61. The molecule has 1 aromatic rings. The molecule has 4 heteroatoms. The third kappa shape index (κ3) is 2.22. The molecule has 86 valence electrons. The van der Waals surface area contributed by atoms with Crippen molar-refractivity contribution < 1.29 is 9.90 Å². The van der Waals surface area contributed by atoms with Crippen molar-refractivity contribution in [1.82, 2.24) is 4.98 Å². The Morgan fingerprint density at radius 2 is 2.06 bits per heavy atom. The van der Waals surface area contributed by atoms with Crippen LogP contribution in [0.2, 0.25) is 0 Å². The monoisotopic (exact) mass is 220 g/mol. The third-order valence-electron chi connectivity index (χ3n) is 3.21. The molecule has 1 heterocycles. The fraction of sp³-hybridized carbons (Fsp3) is 0.500. The highest BCUT2D eigenvalue weighted by atomic mass is 16.3. The lowest BCUT2D eigenvalue weighted by atomic mass is 9.82. The van der Waals surface area contributed by atoms with E-state index in [9.17, 15) is 9.90 Å². The normalized spacial score (nSPS) is 25.3. The Bertz CT molecular complexity index is 384. The molecule has 0 bridgehead atoms. The number of rotatable bonds is 2. The summed E-state index contributed by atoms with van der Waals surface area (Å²) in [5.74, 6) is -0.165. The molecule has 1 aliphatic rings. The molecule has 1 saturated carbocycles. The van der Waals surface area contributed by atoms with E-state index >= 15 is 0 Å². The van der Waals surface area contributed by atoms with Crippen molar-refractivity contribution in [2.24, 2.45) is 5.73 Å². The van der Waals surface area contributed by atoms with Crippen molar-refractivity contribution in [2.45, 2.75) is 37.7 Å². The van der Waals surface area contributed by atoms with E-state index in [-0.39, 0.29) is 6.10 Å². The number of carbonyl (C=O) groups is 1. The Labute approximate surface area is 94.5 Å². The van der Waals surface area contributed by atoms with Gasteiger partial charge >= 0.3 is 0 Å². The third-order valence-corrected chi connectivity index (χ3v) is 3.21. The van der Waals surface area contributed by atoms with E-state index in [2.05, 4.69) is 4.98 Å². The lowest BCUT2D eigenvalue weighted by Crippen LogP contribution is -2.21. The van der Waals surface area contributed by atoms with E-state index in [1.165, 1.54) is 0 Å². The van der Waals surface area contributed by atoms with Crippen LogP contribution in [-0.2, 0) is 0 Å². The summed E-state index contributed by atoms with van der Waals surface area (Å²) in [6.45, 7) is 0. The molecule has 1 aromatic heterocycles. The van der Waals surface area contributed by atoms with Gasteiger partial charge in [0.15, 0.2) is 0 Å². The summed E-state index contributed by atoms with van der Waals surface area (Å²) in [5.41, 5.74) is 6.61. The average molecular weight is 220 g/mol. The van der Waals surface area contributed by atoms with Gasteiger partial charge in [0.2, 0.25) is 0 Å². The number of carbonyl (C=O) groups excluding carboxylic acids is 1. The van der Waals surface area contributed by atoms with Gasteiger partial charge < -0.3 is 10.8 Å².